The maximum absolute atomic E-state index is 10.1. The third kappa shape index (κ3) is 5.97. The Balaban J connectivity index is 1.70. The van der Waals surface area contributed by atoms with Crippen LogP contribution in [0.25, 0.3) is 0 Å². The highest BCUT2D eigenvalue weighted by Gasteiger charge is 2.14. The molecule has 1 aliphatic carbocycles. The average molecular weight is 356 g/mol. The Morgan fingerprint density at radius 2 is 2.00 bits per heavy atom. The normalized spacial score (nSPS) is 18.2. The van der Waals surface area contributed by atoms with E-state index in [-0.39, 0.29) is 0 Å². The zero-order valence-corrected chi connectivity index (χ0v) is 14.4. The van der Waals surface area contributed by atoms with Gasteiger partial charge in [0.1, 0.15) is 18.5 Å². The van der Waals surface area contributed by atoms with E-state index in [1.807, 2.05) is 25.1 Å². The fourth-order valence-electron chi connectivity index (χ4n) is 2.75. The van der Waals surface area contributed by atoms with E-state index in [1.165, 1.54) is 44.1 Å². The van der Waals surface area contributed by atoms with Gasteiger partial charge >= 0.3 is 0 Å². The summed E-state index contributed by atoms with van der Waals surface area (Å²) in [6, 6.07) is 6.53. The SMILES string of the molecule is Cc1ccc(OCC(O)CNC2CCCCCC2)c(Br)c1. The van der Waals surface area contributed by atoms with Gasteiger partial charge < -0.3 is 15.2 Å². The first-order chi connectivity index (χ1) is 10.1. The Labute approximate surface area is 136 Å². The molecule has 118 valence electrons. The minimum atomic E-state index is -0.471. The highest BCUT2D eigenvalue weighted by Crippen LogP contribution is 2.25. The molecule has 2 rings (SSSR count). The quantitative estimate of drug-likeness (QED) is 0.762. The number of aliphatic hydroxyl groups excluding tert-OH is 1. The summed E-state index contributed by atoms with van der Waals surface area (Å²) in [5.74, 6) is 0.786. The van der Waals surface area contributed by atoms with E-state index in [0.717, 1.165) is 10.2 Å². The molecule has 0 amide bonds. The molecule has 1 unspecified atom stereocenters. The molecule has 0 spiro atoms. The molecule has 1 saturated carbocycles. The molecule has 0 heterocycles. The van der Waals surface area contributed by atoms with Crippen molar-refractivity contribution in [2.75, 3.05) is 13.2 Å². The summed E-state index contributed by atoms with van der Waals surface area (Å²) in [4.78, 5) is 0. The minimum Gasteiger partial charge on any atom is -0.490 e. The van der Waals surface area contributed by atoms with Crippen LogP contribution < -0.4 is 10.1 Å². The molecule has 0 aromatic heterocycles. The lowest BCUT2D eigenvalue weighted by molar-refractivity contribution is 0.102. The van der Waals surface area contributed by atoms with E-state index >= 15 is 0 Å². The summed E-state index contributed by atoms with van der Waals surface area (Å²) >= 11 is 3.49. The Morgan fingerprint density at radius 1 is 1.29 bits per heavy atom. The van der Waals surface area contributed by atoms with Gasteiger partial charge in [0.2, 0.25) is 0 Å². The monoisotopic (exact) mass is 355 g/mol. The molecular weight excluding hydrogens is 330 g/mol. The van der Waals surface area contributed by atoms with Crippen LogP contribution in [0.5, 0.6) is 5.75 Å². The predicted octanol–water partition coefficient (Wildman–Crippen LogP) is 3.81. The van der Waals surface area contributed by atoms with E-state index < -0.39 is 6.10 Å². The number of aliphatic hydroxyl groups is 1. The fraction of sp³-hybridized carbons (Fsp3) is 0.647. The van der Waals surface area contributed by atoms with E-state index in [1.54, 1.807) is 0 Å². The van der Waals surface area contributed by atoms with Crippen molar-refractivity contribution in [3.05, 3.63) is 28.2 Å². The fourth-order valence-corrected chi connectivity index (χ4v) is 3.36. The lowest BCUT2D eigenvalue weighted by atomic mass is 10.1. The summed E-state index contributed by atoms with van der Waals surface area (Å²) in [5.41, 5.74) is 1.19. The number of hydrogen-bond acceptors (Lipinski definition) is 3. The topological polar surface area (TPSA) is 41.5 Å². The van der Waals surface area contributed by atoms with Gasteiger partial charge in [0.05, 0.1) is 4.47 Å². The van der Waals surface area contributed by atoms with Crippen LogP contribution in [0.1, 0.15) is 44.1 Å². The number of rotatable bonds is 6. The Kier molecular flexibility index (Phi) is 7.00. The van der Waals surface area contributed by atoms with E-state index in [2.05, 4.69) is 21.2 Å². The van der Waals surface area contributed by atoms with Crippen molar-refractivity contribution >= 4 is 15.9 Å². The van der Waals surface area contributed by atoms with Crippen LogP contribution in [0.15, 0.2) is 22.7 Å². The summed E-state index contributed by atoms with van der Waals surface area (Å²) in [7, 11) is 0. The van der Waals surface area contributed by atoms with Crippen LogP contribution in [0.4, 0.5) is 0 Å². The summed E-state index contributed by atoms with van der Waals surface area (Å²) < 4.78 is 6.62. The molecular formula is C17H26BrNO2. The third-order valence-electron chi connectivity index (χ3n) is 4.02. The Bertz CT molecular complexity index is 431. The molecule has 1 aromatic rings. The zero-order valence-electron chi connectivity index (χ0n) is 12.8. The average Bonchev–Trinajstić information content (AvgIpc) is 2.73. The van der Waals surface area contributed by atoms with Crippen molar-refractivity contribution in [1.82, 2.24) is 5.32 Å². The maximum Gasteiger partial charge on any atom is 0.133 e. The van der Waals surface area contributed by atoms with Gasteiger partial charge in [-0.15, -0.1) is 0 Å². The number of nitrogens with one attached hydrogen (secondary N) is 1. The molecule has 21 heavy (non-hydrogen) atoms. The number of benzene rings is 1. The van der Waals surface area contributed by atoms with Crippen LogP contribution in [0.3, 0.4) is 0 Å². The van der Waals surface area contributed by atoms with Gasteiger partial charge in [-0.25, -0.2) is 0 Å². The maximum atomic E-state index is 10.1. The van der Waals surface area contributed by atoms with E-state index in [9.17, 15) is 5.11 Å². The van der Waals surface area contributed by atoms with Gasteiger partial charge in [0.15, 0.2) is 0 Å². The van der Waals surface area contributed by atoms with E-state index in [0.29, 0.717) is 19.2 Å². The molecule has 0 radical (unpaired) electrons. The Hall–Kier alpha value is -0.580. The van der Waals surface area contributed by atoms with Gasteiger partial charge in [-0.1, -0.05) is 31.7 Å². The molecule has 1 aromatic carbocycles. The molecule has 0 bridgehead atoms. The standard InChI is InChI=1S/C17H26BrNO2/c1-13-8-9-17(16(18)10-13)21-12-15(20)11-19-14-6-4-2-3-5-7-14/h8-10,14-15,19-20H,2-7,11-12H2,1H3. The van der Waals surface area contributed by atoms with Crippen LogP contribution >= 0.6 is 15.9 Å². The third-order valence-corrected chi connectivity index (χ3v) is 4.64. The molecule has 0 saturated heterocycles. The molecule has 2 N–H and O–H groups in total. The predicted molar refractivity (Wildman–Crippen MR) is 89.9 cm³/mol. The molecule has 1 aliphatic rings. The highest BCUT2D eigenvalue weighted by molar-refractivity contribution is 9.10. The molecule has 1 fully saturated rings. The number of hydrogen-bond donors (Lipinski definition) is 2. The van der Waals surface area contributed by atoms with Gasteiger partial charge in [-0.3, -0.25) is 0 Å². The van der Waals surface area contributed by atoms with Crippen molar-refractivity contribution in [2.45, 2.75) is 57.6 Å². The van der Waals surface area contributed by atoms with Crippen LogP contribution in [-0.4, -0.2) is 30.4 Å². The largest absolute Gasteiger partial charge is 0.490 e. The van der Waals surface area contributed by atoms with Crippen molar-refractivity contribution in [3.63, 3.8) is 0 Å². The molecule has 3 nitrogen and oxygen atoms in total. The number of halogens is 1. The molecule has 0 aliphatic heterocycles. The zero-order chi connectivity index (χ0) is 15.1. The lowest BCUT2D eigenvalue weighted by Crippen LogP contribution is -2.37. The first kappa shape index (κ1) is 16.8. The van der Waals surface area contributed by atoms with Gasteiger partial charge in [0.25, 0.3) is 0 Å². The highest BCUT2D eigenvalue weighted by atomic mass is 79.9. The summed E-state index contributed by atoms with van der Waals surface area (Å²) in [5, 5.41) is 13.5. The number of aryl methyl sites for hydroxylation is 1. The first-order valence-corrected chi connectivity index (χ1v) is 8.75. The second kappa shape index (κ2) is 8.76. The lowest BCUT2D eigenvalue weighted by Gasteiger charge is -2.19. The Morgan fingerprint density at radius 3 is 2.67 bits per heavy atom. The van der Waals surface area contributed by atoms with Crippen molar-refractivity contribution in [1.29, 1.82) is 0 Å². The van der Waals surface area contributed by atoms with Crippen LogP contribution in [-0.2, 0) is 0 Å². The van der Waals surface area contributed by atoms with E-state index in [4.69, 9.17) is 4.74 Å². The van der Waals surface area contributed by atoms with Gasteiger partial charge in [0, 0.05) is 12.6 Å². The van der Waals surface area contributed by atoms with Crippen molar-refractivity contribution < 1.29 is 9.84 Å². The smallest absolute Gasteiger partial charge is 0.133 e. The molecule has 4 heteroatoms. The summed E-state index contributed by atoms with van der Waals surface area (Å²) in [6.45, 7) is 2.97. The van der Waals surface area contributed by atoms with Crippen LogP contribution in [0, 0.1) is 6.92 Å². The molecule has 1 atom stereocenters. The second-order valence-electron chi connectivity index (χ2n) is 6.00. The number of ether oxygens (including phenoxy) is 1. The minimum absolute atomic E-state index is 0.321. The van der Waals surface area contributed by atoms with Crippen molar-refractivity contribution in [3.8, 4) is 5.75 Å². The van der Waals surface area contributed by atoms with Crippen LogP contribution in [0.2, 0.25) is 0 Å². The van der Waals surface area contributed by atoms with Gasteiger partial charge in [-0.05, 0) is 53.4 Å². The first-order valence-electron chi connectivity index (χ1n) is 7.95. The second-order valence-corrected chi connectivity index (χ2v) is 6.85. The van der Waals surface area contributed by atoms with Gasteiger partial charge in [-0.2, -0.15) is 0 Å². The van der Waals surface area contributed by atoms with Crippen molar-refractivity contribution in [2.24, 2.45) is 0 Å². The summed E-state index contributed by atoms with van der Waals surface area (Å²) in [6.07, 6.45) is 7.31.